The van der Waals surface area contributed by atoms with Gasteiger partial charge in [0.2, 0.25) is 15.9 Å². The van der Waals surface area contributed by atoms with Crippen molar-refractivity contribution in [3.63, 3.8) is 0 Å². The van der Waals surface area contributed by atoms with Crippen LogP contribution in [0.15, 0.2) is 29.2 Å². The summed E-state index contributed by atoms with van der Waals surface area (Å²) in [5.41, 5.74) is 0. The fraction of sp³-hybridized carbons (Fsp3) is 0.588. The summed E-state index contributed by atoms with van der Waals surface area (Å²) >= 11 is 0. The predicted molar refractivity (Wildman–Crippen MR) is 92.5 cm³/mol. The van der Waals surface area contributed by atoms with E-state index in [2.05, 4.69) is 4.72 Å². The van der Waals surface area contributed by atoms with E-state index in [1.165, 1.54) is 12.1 Å². The number of nitrogens with one attached hydrogen (secondary N) is 1. The van der Waals surface area contributed by atoms with Gasteiger partial charge in [-0.05, 0) is 44.0 Å². The highest BCUT2D eigenvalue weighted by atomic mass is 32.2. The Kier molecular flexibility index (Phi) is 7.05. The maximum absolute atomic E-state index is 12.2. The lowest BCUT2D eigenvalue weighted by atomic mass is 10.2. The molecule has 0 atom stereocenters. The van der Waals surface area contributed by atoms with Crippen molar-refractivity contribution in [1.29, 1.82) is 0 Å². The number of amides is 1. The Morgan fingerprint density at radius 3 is 2.33 bits per heavy atom. The average molecular weight is 354 g/mol. The van der Waals surface area contributed by atoms with Crippen LogP contribution in [0, 0.1) is 0 Å². The molecular weight excluding hydrogens is 328 g/mol. The molecule has 1 amide bonds. The number of carbonyl (C=O) groups is 1. The van der Waals surface area contributed by atoms with Gasteiger partial charge in [-0.1, -0.05) is 12.8 Å². The van der Waals surface area contributed by atoms with Crippen LogP contribution in [-0.4, -0.2) is 45.5 Å². The van der Waals surface area contributed by atoms with E-state index in [0.29, 0.717) is 12.4 Å². The summed E-state index contributed by atoms with van der Waals surface area (Å²) in [5, 5.41) is 0. The monoisotopic (exact) mass is 354 g/mol. The van der Waals surface area contributed by atoms with E-state index in [1.54, 1.807) is 12.1 Å². The lowest BCUT2D eigenvalue weighted by Crippen LogP contribution is -2.35. The minimum Gasteiger partial charge on any atom is -0.494 e. The molecule has 0 radical (unpaired) electrons. The molecule has 134 valence electrons. The molecule has 2 rings (SSSR count). The highest BCUT2D eigenvalue weighted by Gasteiger charge is 2.18. The van der Waals surface area contributed by atoms with Crippen LogP contribution in [0.25, 0.3) is 0 Å². The Labute approximate surface area is 144 Å². The minimum atomic E-state index is -3.60. The van der Waals surface area contributed by atoms with Gasteiger partial charge in [-0.2, -0.15) is 0 Å². The number of likely N-dealkylation sites (tertiary alicyclic amines) is 1. The second-order valence-electron chi connectivity index (χ2n) is 5.85. The quantitative estimate of drug-likeness (QED) is 0.814. The van der Waals surface area contributed by atoms with Crippen LogP contribution in [0.4, 0.5) is 0 Å². The Balaban J connectivity index is 1.84. The second kappa shape index (κ2) is 9.03. The number of sulfonamides is 1. The molecule has 1 heterocycles. The van der Waals surface area contributed by atoms with Crippen LogP contribution < -0.4 is 9.46 Å². The molecule has 7 heteroatoms. The van der Waals surface area contributed by atoms with Gasteiger partial charge in [0.15, 0.2) is 0 Å². The van der Waals surface area contributed by atoms with Gasteiger partial charge in [0.05, 0.1) is 11.5 Å². The van der Waals surface area contributed by atoms with E-state index in [4.69, 9.17) is 4.74 Å². The number of hydrogen-bond acceptors (Lipinski definition) is 4. The van der Waals surface area contributed by atoms with E-state index >= 15 is 0 Å². The smallest absolute Gasteiger partial charge is 0.240 e. The molecule has 0 unspecified atom stereocenters. The molecule has 1 aliphatic rings. The number of nitrogens with zero attached hydrogens (tertiary/aromatic N) is 1. The summed E-state index contributed by atoms with van der Waals surface area (Å²) in [5.74, 6) is 0.652. The van der Waals surface area contributed by atoms with Gasteiger partial charge in [-0.15, -0.1) is 0 Å². The number of benzene rings is 1. The molecule has 1 saturated heterocycles. The van der Waals surface area contributed by atoms with Crippen molar-refractivity contribution in [2.75, 3.05) is 26.2 Å². The maximum Gasteiger partial charge on any atom is 0.240 e. The first-order valence-electron chi connectivity index (χ1n) is 8.53. The molecule has 1 aromatic rings. The summed E-state index contributed by atoms with van der Waals surface area (Å²) in [4.78, 5) is 14.2. The Morgan fingerprint density at radius 1 is 1.12 bits per heavy atom. The fourth-order valence-corrected chi connectivity index (χ4v) is 3.77. The third-order valence-corrected chi connectivity index (χ3v) is 5.51. The summed E-state index contributed by atoms with van der Waals surface area (Å²) in [6.07, 6.45) is 4.58. The van der Waals surface area contributed by atoms with Crippen LogP contribution in [0.3, 0.4) is 0 Å². The summed E-state index contributed by atoms with van der Waals surface area (Å²) < 4.78 is 32.3. The van der Waals surface area contributed by atoms with Crippen LogP contribution >= 0.6 is 0 Å². The number of rotatable bonds is 7. The van der Waals surface area contributed by atoms with Gasteiger partial charge >= 0.3 is 0 Å². The van der Waals surface area contributed by atoms with E-state index < -0.39 is 10.0 Å². The van der Waals surface area contributed by atoms with Crippen LogP contribution in [0.5, 0.6) is 5.75 Å². The molecular formula is C17H26N2O4S. The summed E-state index contributed by atoms with van der Waals surface area (Å²) in [7, 11) is -3.60. The predicted octanol–water partition coefficient (Wildman–Crippen LogP) is 2.16. The zero-order valence-electron chi connectivity index (χ0n) is 14.2. The molecule has 0 aromatic heterocycles. The summed E-state index contributed by atoms with van der Waals surface area (Å²) in [6, 6.07) is 6.26. The van der Waals surface area contributed by atoms with E-state index in [9.17, 15) is 13.2 Å². The van der Waals surface area contributed by atoms with Gasteiger partial charge < -0.3 is 9.64 Å². The van der Waals surface area contributed by atoms with Crippen LogP contribution in [0.1, 0.15) is 39.0 Å². The largest absolute Gasteiger partial charge is 0.494 e. The first kappa shape index (κ1) is 18.7. The second-order valence-corrected chi connectivity index (χ2v) is 7.61. The molecule has 1 aliphatic heterocycles. The van der Waals surface area contributed by atoms with Crippen LogP contribution in [0.2, 0.25) is 0 Å². The molecule has 1 fully saturated rings. The standard InChI is InChI=1S/C17H26N2O4S/c1-2-23-15-7-9-16(10-8-15)24(21,22)18-12-11-17(20)19-13-5-3-4-6-14-19/h7-10,18H,2-6,11-14H2,1H3. The molecule has 0 saturated carbocycles. The Bertz CT molecular complexity index is 620. The number of carbonyl (C=O) groups excluding carboxylic acids is 1. The average Bonchev–Trinajstić information content (AvgIpc) is 2.85. The molecule has 0 bridgehead atoms. The zero-order valence-corrected chi connectivity index (χ0v) is 15.0. The van der Waals surface area contributed by atoms with Crippen molar-refractivity contribution in [3.05, 3.63) is 24.3 Å². The normalized spacial score (nSPS) is 15.8. The highest BCUT2D eigenvalue weighted by molar-refractivity contribution is 7.89. The Morgan fingerprint density at radius 2 is 1.75 bits per heavy atom. The van der Waals surface area contributed by atoms with Crippen molar-refractivity contribution >= 4 is 15.9 Å². The maximum atomic E-state index is 12.2. The van der Waals surface area contributed by atoms with E-state index in [-0.39, 0.29) is 23.8 Å². The third-order valence-electron chi connectivity index (χ3n) is 4.03. The Hall–Kier alpha value is -1.60. The van der Waals surface area contributed by atoms with Crippen molar-refractivity contribution in [2.45, 2.75) is 43.9 Å². The molecule has 1 N–H and O–H groups in total. The van der Waals surface area contributed by atoms with E-state index in [0.717, 1.165) is 38.8 Å². The zero-order chi connectivity index (χ0) is 17.4. The number of ether oxygens (including phenoxy) is 1. The molecule has 24 heavy (non-hydrogen) atoms. The van der Waals surface area contributed by atoms with Crippen molar-refractivity contribution in [2.24, 2.45) is 0 Å². The van der Waals surface area contributed by atoms with Gasteiger partial charge in [0.25, 0.3) is 0 Å². The van der Waals surface area contributed by atoms with Gasteiger partial charge in [0.1, 0.15) is 5.75 Å². The summed E-state index contributed by atoms with van der Waals surface area (Å²) in [6.45, 7) is 4.08. The van der Waals surface area contributed by atoms with Crippen LogP contribution in [-0.2, 0) is 14.8 Å². The SMILES string of the molecule is CCOc1ccc(S(=O)(=O)NCCC(=O)N2CCCCCC2)cc1. The van der Waals surface area contributed by atoms with Crippen molar-refractivity contribution < 1.29 is 17.9 Å². The van der Waals surface area contributed by atoms with Gasteiger partial charge in [-0.25, -0.2) is 13.1 Å². The fourth-order valence-electron chi connectivity index (χ4n) is 2.74. The van der Waals surface area contributed by atoms with Crippen molar-refractivity contribution in [3.8, 4) is 5.75 Å². The minimum absolute atomic E-state index is 0.0197. The topological polar surface area (TPSA) is 75.7 Å². The number of hydrogen-bond donors (Lipinski definition) is 1. The first-order chi connectivity index (χ1) is 11.5. The van der Waals surface area contributed by atoms with Gasteiger partial charge in [-0.3, -0.25) is 4.79 Å². The van der Waals surface area contributed by atoms with Gasteiger partial charge in [0, 0.05) is 26.1 Å². The first-order valence-corrected chi connectivity index (χ1v) is 10.0. The van der Waals surface area contributed by atoms with Crippen molar-refractivity contribution in [1.82, 2.24) is 9.62 Å². The van der Waals surface area contributed by atoms with E-state index in [1.807, 2.05) is 11.8 Å². The molecule has 0 aliphatic carbocycles. The lowest BCUT2D eigenvalue weighted by molar-refractivity contribution is -0.130. The molecule has 0 spiro atoms. The molecule has 1 aromatic carbocycles. The third kappa shape index (κ3) is 5.49. The highest BCUT2D eigenvalue weighted by Crippen LogP contribution is 2.16. The lowest BCUT2D eigenvalue weighted by Gasteiger charge is -2.20. The molecule has 6 nitrogen and oxygen atoms in total.